The van der Waals surface area contributed by atoms with Crippen LogP contribution in [0.5, 0.6) is 0 Å². The summed E-state index contributed by atoms with van der Waals surface area (Å²) >= 11 is 0. The Hall–Kier alpha value is -1.06. The SMILES string of the molecule is OCCCc1cccc(NC2CCCOCC2)c1. The van der Waals surface area contributed by atoms with E-state index in [0.29, 0.717) is 6.04 Å². The molecule has 0 aromatic heterocycles. The lowest BCUT2D eigenvalue weighted by atomic mass is 10.1. The first-order valence-electron chi connectivity index (χ1n) is 6.92. The topological polar surface area (TPSA) is 41.5 Å². The van der Waals surface area contributed by atoms with Crippen LogP contribution in [0.2, 0.25) is 0 Å². The van der Waals surface area contributed by atoms with Crippen LogP contribution in [-0.2, 0) is 11.2 Å². The third kappa shape index (κ3) is 4.31. The monoisotopic (exact) mass is 249 g/mol. The van der Waals surface area contributed by atoms with Crippen LogP contribution in [-0.4, -0.2) is 31.0 Å². The molecule has 0 saturated carbocycles. The van der Waals surface area contributed by atoms with Gasteiger partial charge in [-0.2, -0.15) is 0 Å². The summed E-state index contributed by atoms with van der Waals surface area (Å²) in [5, 5.41) is 12.5. The van der Waals surface area contributed by atoms with Crippen LogP contribution in [0.15, 0.2) is 24.3 Å². The first kappa shape index (κ1) is 13.4. The smallest absolute Gasteiger partial charge is 0.0485 e. The van der Waals surface area contributed by atoms with Gasteiger partial charge in [-0.1, -0.05) is 12.1 Å². The number of hydrogen-bond acceptors (Lipinski definition) is 3. The number of nitrogens with one attached hydrogen (secondary N) is 1. The quantitative estimate of drug-likeness (QED) is 0.843. The molecule has 2 rings (SSSR count). The average molecular weight is 249 g/mol. The van der Waals surface area contributed by atoms with Gasteiger partial charge >= 0.3 is 0 Å². The van der Waals surface area contributed by atoms with Crippen molar-refractivity contribution in [2.24, 2.45) is 0 Å². The van der Waals surface area contributed by atoms with Gasteiger partial charge in [-0.05, 0) is 49.8 Å². The molecule has 1 heterocycles. The Labute approximate surface area is 109 Å². The fraction of sp³-hybridized carbons (Fsp3) is 0.600. The van der Waals surface area contributed by atoms with E-state index in [-0.39, 0.29) is 6.61 Å². The van der Waals surface area contributed by atoms with E-state index in [1.54, 1.807) is 0 Å². The minimum atomic E-state index is 0.262. The lowest BCUT2D eigenvalue weighted by Crippen LogP contribution is -2.19. The summed E-state index contributed by atoms with van der Waals surface area (Å²) in [7, 11) is 0. The fourth-order valence-electron chi connectivity index (χ4n) is 2.38. The van der Waals surface area contributed by atoms with E-state index >= 15 is 0 Å². The maximum Gasteiger partial charge on any atom is 0.0485 e. The molecule has 0 bridgehead atoms. The zero-order chi connectivity index (χ0) is 12.6. The third-order valence-electron chi connectivity index (χ3n) is 3.37. The Morgan fingerprint density at radius 3 is 3.11 bits per heavy atom. The molecule has 0 radical (unpaired) electrons. The molecular weight excluding hydrogens is 226 g/mol. The molecule has 1 unspecified atom stereocenters. The zero-order valence-corrected chi connectivity index (χ0v) is 10.9. The summed E-state index contributed by atoms with van der Waals surface area (Å²) in [5.41, 5.74) is 2.48. The van der Waals surface area contributed by atoms with Gasteiger partial charge in [0.15, 0.2) is 0 Å². The van der Waals surface area contributed by atoms with Crippen molar-refractivity contribution in [2.75, 3.05) is 25.1 Å². The Balaban J connectivity index is 1.91. The van der Waals surface area contributed by atoms with Crippen LogP contribution in [0, 0.1) is 0 Å². The van der Waals surface area contributed by atoms with Gasteiger partial charge in [0.1, 0.15) is 0 Å². The molecule has 1 aromatic rings. The third-order valence-corrected chi connectivity index (χ3v) is 3.37. The molecule has 0 amide bonds. The fourth-order valence-corrected chi connectivity index (χ4v) is 2.38. The highest BCUT2D eigenvalue weighted by Gasteiger charge is 2.11. The normalized spacial score (nSPS) is 20.4. The standard InChI is InChI=1S/C15H23NO2/c17-9-2-5-13-4-1-6-15(12-13)16-14-7-3-10-18-11-8-14/h1,4,6,12,14,16-17H,2-3,5,7-11H2. The van der Waals surface area contributed by atoms with Crippen molar-refractivity contribution in [1.29, 1.82) is 0 Å². The second-order valence-electron chi connectivity index (χ2n) is 4.91. The predicted octanol–water partition coefficient (Wildman–Crippen LogP) is 2.59. The first-order valence-corrected chi connectivity index (χ1v) is 6.92. The van der Waals surface area contributed by atoms with Crippen molar-refractivity contribution in [1.82, 2.24) is 0 Å². The van der Waals surface area contributed by atoms with Crippen molar-refractivity contribution < 1.29 is 9.84 Å². The summed E-state index contributed by atoms with van der Waals surface area (Å²) in [6.45, 7) is 2.02. The lowest BCUT2D eigenvalue weighted by Gasteiger charge is -2.17. The van der Waals surface area contributed by atoms with Crippen molar-refractivity contribution in [3.05, 3.63) is 29.8 Å². The Morgan fingerprint density at radius 1 is 1.28 bits per heavy atom. The van der Waals surface area contributed by atoms with Gasteiger partial charge in [0.2, 0.25) is 0 Å². The molecule has 1 fully saturated rings. The number of aryl methyl sites for hydroxylation is 1. The second kappa shape index (κ2) is 7.39. The maximum absolute atomic E-state index is 8.86. The van der Waals surface area contributed by atoms with Crippen LogP contribution in [0.4, 0.5) is 5.69 Å². The van der Waals surface area contributed by atoms with Crippen molar-refractivity contribution in [3.63, 3.8) is 0 Å². The Morgan fingerprint density at radius 2 is 2.22 bits per heavy atom. The van der Waals surface area contributed by atoms with Crippen LogP contribution >= 0.6 is 0 Å². The van der Waals surface area contributed by atoms with E-state index in [1.807, 2.05) is 0 Å². The van der Waals surface area contributed by atoms with E-state index < -0.39 is 0 Å². The van der Waals surface area contributed by atoms with Crippen LogP contribution in [0.25, 0.3) is 0 Å². The molecule has 18 heavy (non-hydrogen) atoms. The lowest BCUT2D eigenvalue weighted by molar-refractivity contribution is 0.144. The van der Waals surface area contributed by atoms with Crippen molar-refractivity contribution in [2.45, 2.75) is 38.1 Å². The molecule has 1 aliphatic heterocycles. The molecule has 0 aliphatic carbocycles. The van der Waals surface area contributed by atoms with Gasteiger partial charge < -0.3 is 15.2 Å². The minimum absolute atomic E-state index is 0.262. The zero-order valence-electron chi connectivity index (χ0n) is 10.9. The Kier molecular flexibility index (Phi) is 5.49. The van der Waals surface area contributed by atoms with E-state index in [0.717, 1.165) is 38.9 Å². The number of aliphatic hydroxyl groups is 1. The summed E-state index contributed by atoms with van der Waals surface area (Å²) in [6, 6.07) is 9.05. The highest BCUT2D eigenvalue weighted by Crippen LogP contribution is 2.17. The number of benzene rings is 1. The molecule has 3 nitrogen and oxygen atoms in total. The largest absolute Gasteiger partial charge is 0.396 e. The van der Waals surface area contributed by atoms with E-state index in [9.17, 15) is 0 Å². The highest BCUT2D eigenvalue weighted by atomic mass is 16.5. The van der Waals surface area contributed by atoms with Gasteiger partial charge in [0, 0.05) is 31.5 Å². The van der Waals surface area contributed by atoms with Gasteiger partial charge in [-0.25, -0.2) is 0 Å². The minimum Gasteiger partial charge on any atom is -0.396 e. The van der Waals surface area contributed by atoms with Crippen molar-refractivity contribution in [3.8, 4) is 0 Å². The van der Waals surface area contributed by atoms with E-state index in [1.165, 1.54) is 17.7 Å². The van der Waals surface area contributed by atoms with Gasteiger partial charge in [0.25, 0.3) is 0 Å². The van der Waals surface area contributed by atoms with E-state index in [2.05, 4.69) is 29.6 Å². The first-order chi connectivity index (χ1) is 8.88. The van der Waals surface area contributed by atoms with Gasteiger partial charge in [0.05, 0.1) is 0 Å². The molecule has 100 valence electrons. The molecule has 1 aliphatic rings. The summed E-state index contributed by atoms with van der Waals surface area (Å²) in [5.74, 6) is 0. The van der Waals surface area contributed by atoms with Crippen molar-refractivity contribution >= 4 is 5.69 Å². The van der Waals surface area contributed by atoms with Gasteiger partial charge in [-0.3, -0.25) is 0 Å². The molecule has 2 N–H and O–H groups in total. The molecule has 1 atom stereocenters. The van der Waals surface area contributed by atoms with E-state index in [4.69, 9.17) is 9.84 Å². The second-order valence-corrected chi connectivity index (χ2v) is 4.91. The molecule has 0 spiro atoms. The van der Waals surface area contributed by atoms with Gasteiger partial charge in [-0.15, -0.1) is 0 Å². The number of rotatable bonds is 5. The molecular formula is C15H23NO2. The number of ether oxygens (including phenoxy) is 1. The molecule has 1 saturated heterocycles. The number of hydrogen-bond donors (Lipinski definition) is 2. The maximum atomic E-state index is 8.86. The predicted molar refractivity (Wildman–Crippen MR) is 73.9 cm³/mol. The number of aliphatic hydroxyl groups excluding tert-OH is 1. The average Bonchev–Trinajstić information content (AvgIpc) is 2.65. The Bertz CT molecular complexity index is 346. The summed E-state index contributed by atoms with van der Waals surface area (Å²) in [6.07, 6.45) is 5.18. The molecule has 1 aromatic carbocycles. The van der Waals surface area contributed by atoms with Crippen LogP contribution in [0.1, 0.15) is 31.2 Å². The number of anilines is 1. The summed E-state index contributed by atoms with van der Waals surface area (Å²) in [4.78, 5) is 0. The summed E-state index contributed by atoms with van der Waals surface area (Å²) < 4.78 is 5.47. The van der Waals surface area contributed by atoms with Crippen LogP contribution in [0.3, 0.4) is 0 Å². The molecule has 3 heteroatoms. The van der Waals surface area contributed by atoms with Crippen LogP contribution < -0.4 is 5.32 Å². The highest BCUT2D eigenvalue weighted by molar-refractivity contribution is 5.46.